The molecule has 0 aromatic heterocycles. The molecule has 2 heteroatoms. The van der Waals surface area contributed by atoms with Crippen molar-refractivity contribution in [2.24, 2.45) is 5.41 Å². The maximum atomic E-state index is 3.75. The molecule has 1 aliphatic rings. The summed E-state index contributed by atoms with van der Waals surface area (Å²) in [7, 11) is 0. The fourth-order valence-corrected chi connectivity index (χ4v) is 3.11. The summed E-state index contributed by atoms with van der Waals surface area (Å²) >= 11 is 0. The van der Waals surface area contributed by atoms with E-state index in [9.17, 15) is 0 Å². The fourth-order valence-electron chi connectivity index (χ4n) is 3.11. The van der Waals surface area contributed by atoms with Crippen molar-refractivity contribution in [3.63, 3.8) is 0 Å². The van der Waals surface area contributed by atoms with E-state index < -0.39 is 0 Å². The van der Waals surface area contributed by atoms with Crippen LogP contribution in [0.1, 0.15) is 66.7 Å². The van der Waals surface area contributed by atoms with Gasteiger partial charge in [-0.1, -0.05) is 26.7 Å². The highest BCUT2D eigenvalue weighted by molar-refractivity contribution is 4.91. The van der Waals surface area contributed by atoms with Crippen LogP contribution in [0.4, 0.5) is 0 Å². The zero-order valence-electron chi connectivity index (χ0n) is 13.3. The van der Waals surface area contributed by atoms with Crippen LogP contribution in [0.25, 0.3) is 0 Å². The molecule has 1 N–H and O–H groups in total. The lowest BCUT2D eigenvalue weighted by atomic mass is 9.84. The molecule has 1 saturated carbocycles. The molecule has 0 heterocycles. The van der Waals surface area contributed by atoms with Crippen molar-refractivity contribution in [1.29, 1.82) is 0 Å². The Balaban J connectivity index is 2.56. The number of hydrogen-bond donors (Lipinski definition) is 1. The average molecular weight is 254 g/mol. The fraction of sp³-hybridized carbons (Fsp3) is 1.00. The van der Waals surface area contributed by atoms with Crippen molar-refractivity contribution in [1.82, 2.24) is 10.2 Å². The number of hydrogen-bond acceptors (Lipinski definition) is 2. The van der Waals surface area contributed by atoms with Gasteiger partial charge < -0.3 is 10.2 Å². The highest BCUT2D eigenvalue weighted by Crippen LogP contribution is 2.38. The van der Waals surface area contributed by atoms with Crippen LogP contribution >= 0.6 is 0 Å². The SMILES string of the molecule is CCCN(CC)CC1(CNC(C)(C)C)CCCC1. The highest BCUT2D eigenvalue weighted by atomic mass is 15.1. The molecule has 0 bridgehead atoms. The predicted octanol–water partition coefficient (Wildman–Crippen LogP) is 3.67. The Morgan fingerprint density at radius 1 is 1.11 bits per heavy atom. The van der Waals surface area contributed by atoms with Crippen molar-refractivity contribution in [3.8, 4) is 0 Å². The third-order valence-corrected chi connectivity index (χ3v) is 4.20. The van der Waals surface area contributed by atoms with E-state index in [-0.39, 0.29) is 5.54 Å². The molecule has 0 aliphatic heterocycles. The third kappa shape index (κ3) is 5.27. The van der Waals surface area contributed by atoms with Gasteiger partial charge in [-0.05, 0) is 58.5 Å². The molecule has 1 rings (SSSR count). The van der Waals surface area contributed by atoms with Crippen LogP contribution in [-0.4, -0.2) is 36.6 Å². The van der Waals surface area contributed by atoms with Crippen LogP contribution in [0.5, 0.6) is 0 Å². The van der Waals surface area contributed by atoms with E-state index in [0.717, 1.165) is 0 Å². The minimum absolute atomic E-state index is 0.247. The summed E-state index contributed by atoms with van der Waals surface area (Å²) in [6.45, 7) is 16.4. The number of nitrogens with zero attached hydrogens (tertiary/aromatic N) is 1. The summed E-state index contributed by atoms with van der Waals surface area (Å²) < 4.78 is 0. The van der Waals surface area contributed by atoms with Crippen LogP contribution in [0.2, 0.25) is 0 Å². The Morgan fingerprint density at radius 3 is 2.17 bits per heavy atom. The third-order valence-electron chi connectivity index (χ3n) is 4.20. The van der Waals surface area contributed by atoms with Crippen LogP contribution in [-0.2, 0) is 0 Å². The quantitative estimate of drug-likeness (QED) is 0.746. The number of nitrogens with one attached hydrogen (secondary N) is 1. The number of rotatable bonds is 7. The molecule has 0 aromatic rings. The molecule has 0 saturated heterocycles. The van der Waals surface area contributed by atoms with Gasteiger partial charge in [0.15, 0.2) is 0 Å². The first-order valence-corrected chi connectivity index (χ1v) is 7.88. The van der Waals surface area contributed by atoms with Gasteiger partial charge in [0, 0.05) is 18.6 Å². The lowest BCUT2D eigenvalue weighted by molar-refractivity contribution is 0.144. The smallest absolute Gasteiger partial charge is 0.00967 e. The van der Waals surface area contributed by atoms with E-state index in [1.165, 1.54) is 58.3 Å². The summed E-state index contributed by atoms with van der Waals surface area (Å²) in [5.41, 5.74) is 0.788. The van der Waals surface area contributed by atoms with Crippen LogP contribution in [0.15, 0.2) is 0 Å². The van der Waals surface area contributed by atoms with Crippen molar-refractivity contribution >= 4 is 0 Å². The summed E-state index contributed by atoms with van der Waals surface area (Å²) in [4.78, 5) is 2.65. The second kappa shape index (κ2) is 6.91. The molecule has 108 valence electrons. The molecule has 1 aliphatic carbocycles. The first kappa shape index (κ1) is 16.0. The molecule has 0 aromatic carbocycles. The molecule has 0 radical (unpaired) electrons. The summed E-state index contributed by atoms with van der Waals surface area (Å²) in [5.74, 6) is 0. The monoisotopic (exact) mass is 254 g/mol. The second-order valence-electron chi connectivity index (χ2n) is 7.18. The second-order valence-corrected chi connectivity index (χ2v) is 7.18. The summed E-state index contributed by atoms with van der Waals surface area (Å²) in [6.07, 6.45) is 6.95. The predicted molar refractivity (Wildman–Crippen MR) is 81.1 cm³/mol. The Bertz CT molecular complexity index is 224. The molecule has 0 amide bonds. The van der Waals surface area contributed by atoms with E-state index in [2.05, 4.69) is 44.8 Å². The van der Waals surface area contributed by atoms with Gasteiger partial charge in [0.25, 0.3) is 0 Å². The topological polar surface area (TPSA) is 15.3 Å². The minimum atomic E-state index is 0.247. The summed E-state index contributed by atoms with van der Waals surface area (Å²) in [5, 5.41) is 3.75. The highest BCUT2D eigenvalue weighted by Gasteiger charge is 2.35. The largest absolute Gasteiger partial charge is 0.311 e. The van der Waals surface area contributed by atoms with Gasteiger partial charge in [-0.15, -0.1) is 0 Å². The van der Waals surface area contributed by atoms with Gasteiger partial charge in [0.05, 0.1) is 0 Å². The van der Waals surface area contributed by atoms with Crippen molar-refractivity contribution < 1.29 is 0 Å². The Labute approximate surface area is 115 Å². The Morgan fingerprint density at radius 2 is 1.72 bits per heavy atom. The van der Waals surface area contributed by atoms with Gasteiger partial charge >= 0.3 is 0 Å². The molecule has 1 fully saturated rings. The van der Waals surface area contributed by atoms with Crippen molar-refractivity contribution in [2.45, 2.75) is 72.3 Å². The van der Waals surface area contributed by atoms with Crippen molar-refractivity contribution in [3.05, 3.63) is 0 Å². The van der Waals surface area contributed by atoms with Crippen molar-refractivity contribution in [2.75, 3.05) is 26.2 Å². The van der Waals surface area contributed by atoms with E-state index >= 15 is 0 Å². The summed E-state index contributed by atoms with van der Waals surface area (Å²) in [6, 6.07) is 0. The lowest BCUT2D eigenvalue weighted by Crippen LogP contribution is -2.48. The zero-order valence-corrected chi connectivity index (χ0v) is 13.3. The standard InChI is InChI=1S/C16H34N2/c1-6-12-18(7-2)14-16(10-8-9-11-16)13-17-15(3,4)5/h17H,6-14H2,1-5H3. The minimum Gasteiger partial charge on any atom is -0.311 e. The van der Waals surface area contributed by atoms with Crippen LogP contribution in [0, 0.1) is 5.41 Å². The van der Waals surface area contributed by atoms with E-state index in [0.29, 0.717) is 5.41 Å². The molecule has 18 heavy (non-hydrogen) atoms. The molecule has 0 spiro atoms. The molecule has 0 unspecified atom stereocenters. The van der Waals surface area contributed by atoms with Gasteiger partial charge in [-0.25, -0.2) is 0 Å². The maximum Gasteiger partial charge on any atom is 0.00967 e. The van der Waals surface area contributed by atoms with Gasteiger partial charge in [0.1, 0.15) is 0 Å². The van der Waals surface area contributed by atoms with Crippen LogP contribution in [0.3, 0.4) is 0 Å². The van der Waals surface area contributed by atoms with Gasteiger partial charge in [0.2, 0.25) is 0 Å². The molecule has 2 nitrogen and oxygen atoms in total. The first-order chi connectivity index (χ1) is 8.41. The van der Waals surface area contributed by atoms with Gasteiger partial charge in [-0.2, -0.15) is 0 Å². The molecule has 0 atom stereocenters. The van der Waals surface area contributed by atoms with E-state index in [4.69, 9.17) is 0 Å². The normalized spacial score (nSPS) is 19.7. The van der Waals surface area contributed by atoms with E-state index in [1.54, 1.807) is 0 Å². The van der Waals surface area contributed by atoms with Gasteiger partial charge in [-0.3, -0.25) is 0 Å². The average Bonchev–Trinajstić information content (AvgIpc) is 2.74. The Hall–Kier alpha value is -0.0800. The molecular weight excluding hydrogens is 220 g/mol. The lowest BCUT2D eigenvalue weighted by Gasteiger charge is -2.37. The first-order valence-electron chi connectivity index (χ1n) is 7.88. The maximum absolute atomic E-state index is 3.75. The van der Waals surface area contributed by atoms with Crippen LogP contribution < -0.4 is 5.32 Å². The molecular formula is C16H34N2. The zero-order chi connectivity index (χ0) is 13.6. The van der Waals surface area contributed by atoms with E-state index in [1.807, 2.05) is 0 Å². The Kier molecular flexibility index (Phi) is 6.13.